The molecule has 160 valence electrons. The van der Waals surface area contributed by atoms with Gasteiger partial charge in [0, 0.05) is 26.2 Å². The number of guanidine groups is 1. The van der Waals surface area contributed by atoms with Gasteiger partial charge in [-0.1, -0.05) is 43.5 Å². The standard InChI is InChI=1S/C22H38N4O.HI/c1-4-23-22(24-15-8-16-27-21-9-6-5-7-10-21)25-17-19-11-13-20(14-12-19)18-26(2)3;/h11-14,21H,4-10,15-18H2,1-3H3,(H2,23,24,25);1H. The molecule has 0 saturated heterocycles. The van der Waals surface area contributed by atoms with Crippen molar-refractivity contribution in [1.82, 2.24) is 15.5 Å². The highest BCUT2D eigenvalue weighted by molar-refractivity contribution is 14.0. The first kappa shape index (κ1) is 25.2. The van der Waals surface area contributed by atoms with E-state index in [1.807, 2.05) is 0 Å². The van der Waals surface area contributed by atoms with E-state index in [2.05, 4.69) is 60.8 Å². The molecule has 0 bridgehead atoms. The molecular weight excluding hydrogens is 463 g/mol. The number of nitrogens with one attached hydrogen (secondary N) is 2. The van der Waals surface area contributed by atoms with Crippen molar-refractivity contribution in [2.24, 2.45) is 4.99 Å². The van der Waals surface area contributed by atoms with E-state index >= 15 is 0 Å². The molecule has 5 nitrogen and oxygen atoms in total. The Morgan fingerprint density at radius 2 is 1.75 bits per heavy atom. The summed E-state index contributed by atoms with van der Waals surface area (Å²) in [5.41, 5.74) is 2.56. The zero-order valence-electron chi connectivity index (χ0n) is 17.9. The molecule has 1 aliphatic rings. The minimum absolute atomic E-state index is 0. The molecular formula is C22H39IN4O. The van der Waals surface area contributed by atoms with Crippen molar-refractivity contribution >= 4 is 29.9 Å². The van der Waals surface area contributed by atoms with Crippen molar-refractivity contribution in [3.63, 3.8) is 0 Å². The summed E-state index contributed by atoms with van der Waals surface area (Å²) in [6, 6.07) is 8.72. The van der Waals surface area contributed by atoms with Gasteiger partial charge in [0.15, 0.2) is 5.96 Å². The van der Waals surface area contributed by atoms with Crippen LogP contribution in [0, 0.1) is 0 Å². The zero-order chi connectivity index (χ0) is 19.3. The predicted octanol–water partition coefficient (Wildman–Crippen LogP) is 4.16. The lowest BCUT2D eigenvalue weighted by Gasteiger charge is -2.22. The number of ether oxygens (including phenoxy) is 1. The van der Waals surface area contributed by atoms with Gasteiger partial charge < -0.3 is 20.3 Å². The van der Waals surface area contributed by atoms with Crippen LogP contribution in [-0.4, -0.2) is 50.8 Å². The van der Waals surface area contributed by atoms with E-state index in [1.165, 1.54) is 43.2 Å². The Labute approximate surface area is 188 Å². The molecule has 0 aliphatic heterocycles. The minimum Gasteiger partial charge on any atom is -0.378 e. The summed E-state index contributed by atoms with van der Waals surface area (Å²) in [4.78, 5) is 6.88. The van der Waals surface area contributed by atoms with E-state index in [1.54, 1.807) is 0 Å². The van der Waals surface area contributed by atoms with Crippen LogP contribution in [0.15, 0.2) is 29.3 Å². The van der Waals surface area contributed by atoms with Crippen LogP contribution in [0.5, 0.6) is 0 Å². The van der Waals surface area contributed by atoms with Crippen LogP contribution in [0.1, 0.15) is 56.6 Å². The Balaban J connectivity index is 0.00000392. The molecule has 0 aromatic heterocycles. The van der Waals surface area contributed by atoms with Crippen LogP contribution >= 0.6 is 24.0 Å². The van der Waals surface area contributed by atoms with Crippen molar-refractivity contribution in [2.45, 2.75) is 64.6 Å². The molecule has 2 rings (SSSR count). The third-order valence-electron chi connectivity index (χ3n) is 4.81. The van der Waals surface area contributed by atoms with E-state index in [-0.39, 0.29) is 24.0 Å². The maximum absolute atomic E-state index is 5.99. The first-order chi connectivity index (χ1) is 13.2. The van der Waals surface area contributed by atoms with Crippen molar-refractivity contribution in [3.05, 3.63) is 35.4 Å². The van der Waals surface area contributed by atoms with Crippen molar-refractivity contribution in [3.8, 4) is 0 Å². The third-order valence-corrected chi connectivity index (χ3v) is 4.81. The van der Waals surface area contributed by atoms with Gasteiger partial charge >= 0.3 is 0 Å². The normalized spacial score (nSPS) is 15.4. The number of aliphatic imine (C=N–C) groups is 1. The van der Waals surface area contributed by atoms with Crippen LogP contribution in [0.2, 0.25) is 0 Å². The van der Waals surface area contributed by atoms with Gasteiger partial charge in [0.2, 0.25) is 0 Å². The first-order valence-electron chi connectivity index (χ1n) is 10.5. The smallest absolute Gasteiger partial charge is 0.191 e. The molecule has 1 aromatic rings. The van der Waals surface area contributed by atoms with Crippen molar-refractivity contribution < 1.29 is 4.74 Å². The molecule has 1 aromatic carbocycles. The summed E-state index contributed by atoms with van der Waals surface area (Å²) < 4.78 is 5.99. The lowest BCUT2D eigenvalue weighted by atomic mass is 9.98. The molecule has 1 fully saturated rings. The summed E-state index contributed by atoms with van der Waals surface area (Å²) in [6.07, 6.45) is 8.03. The highest BCUT2D eigenvalue weighted by Gasteiger charge is 2.12. The van der Waals surface area contributed by atoms with Crippen molar-refractivity contribution in [2.75, 3.05) is 33.8 Å². The maximum atomic E-state index is 5.99. The third kappa shape index (κ3) is 10.6. The second-order valence-electron chi connectivity index (χ2n) is 7.66. The highest BCUT2D eigenvalue weighted by atomic mass is 127. The summed E-state index contributed by atoms with van der Waals surface area (Å²) in [7, 11) is 4.18. The molecule has 0 spiro atoms. The van der Waals surface area contributed by atoms with Crippen LogP contribution < -0.4 is 10.6 Å². The largest absolute Gasteiger partial charge is 0.378 e. The Hall–Kier alpha value is -0.860. The van der Waals surface area contributed by atoms with Gasteiger partial charge in [-0.3, -0.25) is 0 Å². The topological polar surface area (TPSA) is 48.9 Å². The Morgan fingerprint density at radius 1 is 1.07 bits per heavy atom. The Kier molecular flexibility index (Phi) is 13.5. The van der Waals surface area contributed by atoms with Crippen LogP contribution in [0.25, 0.3) is 0 Å². The van der Waals surface area contributed by atoms with Gasteiger partial charge in [-0.05, 0) is 51.4 Å². The van der Waals surface area contributed by atoms with Gasteiger partial charge in [-0.2, -0.15) is 0 Å². The molecule has 1 saturated carbocycles. The van der Waals surface area contributed by atoms with Gasteiger partial charge in [0.1, 0.15) is 0 Å². The molecule has 1 aliphatic carbocycles. The molecule has 0 unspecified atom stereocenters. The fraction of sp³-hybridized carbons (Fsp3) is 0.682. The maximum Gasteiger partial charge on any atom is 0.191 e. The average molecular weight is 502 g/mol. The summed E-state index contributed by atoms with van der Waals surface area (Å²) >= 11 is 0. The SMILES string of the molecule is CCNC(=NCc1ccc(CN(C)C)cc1)NCCCOC1CCCCC1.I. The molecule has 28 heavy (non-hydrogen) atoms. The lowest BCUT2D eigenvalue weighted by Crippen LogP contribution is -2.38. The van der Waals surface area contributed by atoms with Gasteiger partial charge in [-0.25, -0.2) is 4.99 Å². The van der Waals surface area contributed by atoms with Crippen LogP contribution in [-0.2, 0) is 17.8 Å². The van der Waals surface area contributed by atoms with Gasteiger partial charge in [0.05, 0.1) is 12.6 Å². The number of hydrogen-bond acceptors (Lipinski definition) is 3. The fourth-order valence-corrected chi connectivity index (χ4v) is 3.39. The van der Waals surface area contributed by atoms with Crippen molar-refractivity contribution in [1.29, 1.82) is 0 Å². The summed E-state index contributed by atoms with van der Waals surface area (Å²) in [6.45, 7) is 6.35. The number of halogens is 1. The van der Waals surface area contributed by atoms with E-state index in [4.69, 9.17) is 9.73 Å². The fourth-order valence-electron chi connectivity index (χ4n) is 3.39. The van der Waals surface area contributed by atoms with E-state index < -0.39 is 0 Å². The number of rotatable bonds is 10. The van der Waals surface area contributed by atoms with E-state index in [9.17, 15) is 0 Å². The molecule has 0 heterocycles. The Morgan fingerprint density at radius 3 is 2.39 bits per heavy atom. The molecule has 0 amide bonds. The number of benzene rings is 1. The van der Waals surface area contributed by atoms with Crippen LogP contribution in [0.3, 0.4) is 0 Å². The minimum atomic E-state index is 0. The van der Waals surface area contributed by atoms with E-state index in [0.29, 0.717) is 12.6 Å². The molecule has 0 atom stereocenters. The number of nitrogens with zero attached hydrogens (tertiary/aromatic N) is 2. The average Bonchev–Trinajstić information content (AvgIpc) is 2.67. The molecule has 0 radical (unpaired) electrons. The molecule has 6 heteroatoms. The molecule has 2 N–H and O–H groups in total. The number of hydrogen-bond donors (Lipinski definition) is 2. The zero-order valence-corrected chi connectivity index (χ0v) is 20.2. The quantitative estimate of drug-likeness (QED) is 0.218. The summed E-state index contributed by atoms with van der Waals surface area (Å²) in [5.74, 6) is 0.882. The van der Waals surface area contributed by atoms with E-state index in [0.717, 1.165) is 38.6 Å². The first-order valence-corrected chi connectivity index (χ1v) is 10.5. The second kappa shape index (κ2) is 15.0. The van der Waals surface area contributed by atoms with Crippen LogP contribution in [0.4, 0.5) is 0 Å². The summed E-state index contributed by atoms with van der Waals surface area (Å²) in [5, 5.41) is 6.74. The van der Waals surface area contributed by atoms with Gasteiger partial charge in [-0.15, -0.1) is 24.0 Å². The highest BCUT2D eigenvalue weighted by Crippen LogP contribution is 2.20. The Bertz CT molecular complexity index is 542. The predicted molar refractivity (Wildman–Crippen MR) is 130 cm³/mol. The monoisotopic (exact) mass is 502 g/mol. The lowest BCUT2D eigenvalue weighted by molar-refractivity contribution is 0.0277. The van der Waals surface area contributed by atoms with Gasteiger partial charge in [0.25, 0.3) is 0 Å². The second-order valence-corrected chi connectivity index (χ2v) is 7.66.